The van der Waals surface area contributed by atoms with Crippen molar-refractivity contribution >= 4 is 5.91 Å². The molecule has 3 heterocycles. The third-order valence-electron chi connectivity index (χ3n) is 6.80. The van der Waals surface area contributed by atoms with Crippen LogP contribution in [-0.2, 0) is 6.42 Å². The average molecular weight is 394 g/mol. The second-order valence-electron chi connectivity index (χ2n) is 8.25. The van der Waals surface area contributed by atoms with Crippen molar-refractivity contribution < 1.29 is 9.53 Å². The smallest absolute Gasteiger partial charge is 0.272 e. The third-order valence-corrected chi connectivity index (χ3v) is 6.80. The summed E-state index contributed by atoms with van der Waals surface area (Å²) < 4.78 is 5.48. The van der Waals surface area contributed by atoms with Crippen molar-refractivity contribution in [3.8, 4) is 5.75 Å². The molecule has 0 bridgehead atoms. The number of nitrogens with zero attached hydrogens (tertiary/aromatic N) is 3. The quantitative estimate of drug-likeness (QED) is 0.790. The monoisotopic (exact) mass is 393 g/mol. The van der Waals surface area contributed by atoms with E-state index in [4.69, 9.17) is 4.74 Å². The first-order valence-corrected chi connectivity index (χ1v) is 10.7. The molecule has 2 saturated heterocycles. The number of piperazine rings is 1. The summed E-state index contributed by atoms with van der Waals surface area (Å²) in [5, 5.41) is 0. The zero-order chi connectivity index (χ0) is 20.5. The SMILES string of the molecule is CCc1ccc(C(=O)N2CCN3C(CC[C@@H]3c3ccc(OC)c(C)c3C)C2)nc1. The normalized spacial score (nSPS) is 21.9. The third kappa shape index (κ3) is 3.64. The van der Waals surface area contributed by atoms with E-state index in [0.29, 0.717) is 17.8 Å². The van der Waals surface area contributed by atoms with Gasteiger partial charge >= 0.3 is 0 Å². The van der Waals surface area contributed by atoms with Crippen LogP contribution in [0.4, 0.5) is 0 Å². The summed E-state index contributed by atoms with van der Waals surface area (Å²) in [7, 11) is 1.73. The van der Waals surface area contributed by atoms with Crippen LogP contribution in [-0.4, -0.2) is 53.5 Å². The Balaban J connectivity index is 1.47. The van der Waals surface area contributed by atoms with Gasteiger partial charge in [-0.3, -0.25) is 14.7 Å². The Morgan fingerprint density at radius 1 is 1.14 bits per heavy atom. The number of carbonyl (C=O) groups is 1. The van der Waals surface area contributed by atoms with Crippen molar-refractivity contribution in [2.45, 2.75) is 52.1 Å². The molecule has 0 spiro atoms. The highest BCUT2D eigenvalue weighted by Gasteiger charge is 2.40. The number of aryl methyl sites for hydroxylation is 1. The molecular weight excluding hydrogens is 362 g/mol. The molecular formula is C24H31N3O2. The summed E-state index contributed by atoms with van der Waals surface area (Å²) in [6.45, 7) is 8.90. The fourth-order valence-corrected chi connectivity index (χ4v) is 4.89. The number of aromatic nitrogens is 1. The molecule has 0 N–H and O–H groups in total. The number of amides is 1. The van der Waals surface area contributed by atoms with Crippen LogP contribution in [0, 0.1) is 13.8 Å². The summed E-state index contributed by atoms with van der Waals surface area (Å²) in [5.41, 5.74) is 5.68. The maximum absolute atomic E-state index is 12.9. The molecule has 0 radical (unpaired) electrons. The molecule has 1 aromatic heterocycles. The highest BCUT2D eigenvalue weighted by atomic mass is 16.5. The van der Waals surface area contributed by atoms with Gasteiger partial charge in [-0.25, -0.2) is 0 Å². The molecule has 5 heteroatoms. The molecule has 2 aromatic rings. The van der Waals surface area contributed by atoms with Crippen LogP contribution in [0.3, 0.4) is 0 Å². The number of ether oxygens (including phenoxy) is 1. The van der Waals surface area contributed by atoms with Crippen molar-refractivity contribution in [3.63, 3.8) is 0 Å². The van der Waals surface area contributed by atoms with Gasteiger partial charge in [0.1, 0.15) is 11.4 Å². The maximum Gasteiger partial charge on any atom is 0.272 e. The molecule has 5 nitrogen and oxygen atoms in total. The summed E-state index contributed by atoms with van der Waals surface area (Å²) >= 11 is 0. The molecule has 0 aliphatic carbocycles. The lowest BCUT2D eigenvalue weighted by atomic mass is 9.95. The molecule has 4 rings (SSSR count). The van der Waals surface area contributed by atoms with E-state index in [1.807, 2.05) is 23.2 Å². The molecule has 2 fully saturated rings. The zero-order valence-electron chi connectivity index (χ0n) is 17.9. The predicted molar refractivity (Wildman–Crippen MR) is 114 cm³/mol. The van der Waals surface area contributed by atoms with Gasteiger partial charge in [0.15, 0.2) is 0 Å². The van der Waals surface area contributed by atoms with E-state index in [1.54, 1.807) is 7.11 Å². The lowest BCUT2D eigenvalue weighted by Crippen LogP contribution is -2.52. The molecule has 2 atom stereocenters. The fraction of sp³-hybridized carbons (Fsp3) is 0.500. The van der Waals surface area contributed by atoms with E-state index in [0.717, 1.165) is 50.2 Å². The van der Waals surface area contributed by atoms with Gasteiger partial charge < -0.3 is 9.64 Å². The van der Waals surface area contributed by atoms with Crippen LogP contribution in [0.25, 0.3) is 0 Å². The lowest BCUT2D eigenvalue weighted by Gasteiger charge is -2.40. The highest BCUT2D eigenvalue weighted by molar-refractivity contribution is 5.92. The molecule has 0 saturated carbocycles. The summed E-state index contributed by atoms with van der Waals surface area (Å²) in [6.07, 6.45) is 5.03. The second kappa shape index (κ2) is 8.15. The highest BCUT2D eigenvalue weighted by Crippen LogP contribution is 2.41. The van der Waals surface area contributed by atoms with Crippen LogP contribution in [0.2, 0.25) is 0 Å². The molecule has 1 unspecified atom stereocenters. The van der Waals surface area contributed by atoms with Crippen molar-refractivity contribution in [1.82, 2.24) is 14.8 Å². The molecule has 1 aromatic carbocycles. The first kappa shape index (κ1) is 19.9. The number of fused-ring (bicyclic) bond motifs is 1. The Bertz CT molecular complexity index is 894. The van der Waals surface area contributed by atoms with Crippen LogP contribution >= 0.6 is 0 Å². The van der Waals surface area contributed by atoms with Crippen molar-refractivity contribution in [2.75, 3.05) is 26.7 Å². The van der Waals surface area contributed by atoms with Crippen LogP contribution < -0.4 is 4.74 Å². The number of hydrogen-bond donors (Lipinski definition) is 0. The first-order valence-electron chi connectivity index (χ1n) is 10.7. The first-order chi connectivity index (χ1) is 14.0. The van der Waals surface area contributed by atoms with Crippen LogP contribution in [0.1, 0.15) is 58.5 Å². The Labute approximate surface area is 173 Å². The molecule has 154 valence electrons. The molecule has 29 heavy (non-hydrogen) atoms. The van der Waals surface area contributed by atoms with E-state index >= 15 is 0 Å². The summed E-state index contributed by atoms with van der Waals surface area (Å²) in [4.78, 5) is 21.9. The minimum absolute atomic E-state index is 0.0622. The van der Waals surface area contributed by atoms with Gasteiger partial charge in [0, 0.05) is 37.9 Å². The second-order valence-corrected chi connectivity index (χ2v) is 8.25. The van der Waals surface area contributed by atoms with E-state index < -0.39 is 0 Å². The van der Waals surface area contributed by atoms with Gasteiger partial charge in [0.05, 0.1) is 7.11 Å². The van der Waals surface area contributed by atoms with E-state index in [9.17, 15) is 4.79 Å². The van der Waals surface area contributed by atoms with E-state index in [1.165, 1.54) is 16.7 Å². The Morgan fingerprint density at radius 3 is 2.66 bits per heavy atom. The number of rotatable bonds is 4. The molecule has 2 aliphatic heterocycles. The van der Waals surface area contributed by atoms with Crippen molar-refractivity contribution in [2.24, 2.45) is 0 Å². The number of carbonyl (C=O) groups excluding carboxylic acids is 1. The van der Waals surface area contributed by atoms with Gasteiger partial charge in [0.2, 0.25) is 0 Å². The van der Waals surface area contributed by atoms with Gasteiger partial charge in [-0.05, 0) is 67.5 Å². The Kier molecular flexibility index (Phi) is 5.59. The standard InChI is InChI=1S/C24H31N3O2/c1-5-18-6-9-21(25-14-18)24(28)26-12-13-27-19(15-26)7-10-22(27)20-8-11-23(29-4)17(3)16(20)2/h6,8-9,11,14,19,22H,5,7,10,12-13,15H2,1-4H3/t19?,22-/m1/s1. The largest absolute Gasteiger partial charge is 0.496 e. The van der Waals surface area contributed by atoms with Gasteiger partial charge in [-0.15, -0.1) is 0 Å². The van der Waals surface area contributed by atoms with Crippen LogP contribution in [0.15, 0.2) is 30.5 Å². The van der Waals surface area contributed by atoms with Gasteiger partial charge in [-0.2, -0.15) is 0 Å². The van der Waals surface area contributed by atoms with Crippen molar-refractivity contribution in [1.29, 1.82) is 0 Å². The Morgan fingerprint density at radius 2 is 1.97 bits per heavy atom. The zero-order valence-corrected chi connectivity index (χ0v) is 17.9. The molecule has 1 amide bonds. The number of pyridine rings is 1. The van der Waals surface area contributed by atoms with Gasteiger partial charge in [-0.1, -0.05) is 19.1 Å². The minimum atomic E-state index is 0.0622. The van der Waals surface area contributed by atoms with Crippen LogP contribution in [0.5, 0.6) is 5.75 Å². The van der Waals surface area contributed by atoms with E-state index in [2.05, 4.69) is 42.8 Å². The molecule has 2 aliphatic rings. The number of methoxy groups -OCH3 is 1. The lowest BCUT2D eigenvalue weighted by molar-refractivity contribution is 0.0492. The fourth-order valence-electron chi connectivity index (χ4n) is 4.89. The minimum Gasteiger partial charge on any atom is -0.496 e. The van der Waals surface area contributed by atoms with E-state index in [-0.39, 0.29) is 5.91 Å². The topological polar surface area (TPSA) is 45.7 Å². The average Bonchev–Trinajstić information content (AvgIpc) is 3.18. The number of hydrogen-bond acceptors (Lipinski definition) is 4. The number of benzene rings is 1. The summed E-state index contributed by atoms with van der Waals surface area (Å²) in [5.74, 6) is 1.02. The van der Waals surface area contributed by atoms with Gasteiger partial charge in [0.25, 0.3) is 5.91 Å². The Hall–Kier alpha value is -2.40. The summed E-state index contributed by atoms with van der Waals surface area (Å²) in [6, 6.07) is 9.06. The van der Waals surface area contributed by atoms with Crippen molar-refractivity contribution in [3.05, 3.63) is 58.4 Å². The predicted octanol–water partition coefficient (Wildman–Crippen LogP) is 3.93. The maximum atomic E-state index is 12.9.